The largest absolute Gasteiger partial charge is 0.497 e. The molecule has 4 heteroatoms. The number of nitrogens with zero attached hydrogens (tertiary/aromatic N) is 1. The van der Waals surface area contributed by atoms with E-state index in [2.05, 4.69) is 4.98 Å². The number of aromatic nitrogens is 1. The Morgan fingerprint density at radius 1 is 0.909 bits per heavy atom. The minimum absolute atomic E-state index is 0.592. The molecule has 0 saturated carbocycles. The summed E-state index contributed by atoms with van der Waals surface area (Å²) >= 11 is 0. The van der Waals surface area contributed by atoms with Crippen molar-refractivity contribution in [2.75, 3.05) is 13.7 Å². The van der Waals surface area contributed by atoms with Crippen LogP contribution < -0.4 is 9.47 Å². The molecular formula is C18H17NO3. The Morgan fingerprint density at radius 2 is 1.55 bits per heavy atom. The second-order valence-electron chi connectivity index (χ2n) is 4.72. The molecule has 4 nitrogen and oxygen atoms in total. The van der Waals surface area contributed by atoms with Gasteiger partial charge in [-0.1, -0.05) is 0 Å². The zero-order chi connectivity index (χ0) is 15.4. The summed E-state index contributed by atoms with van der Waals surface area (Å²) in [6.07, 6.45) is 1.73. The molecule has 22 heavy (non-hydrogen) atoms. The van der Waals surface area contributed by atoms with Gasteiger partial charge in [-0.05, 0) is 55.5 Å². The van der Waals surface area contributed by atoms with E-state index in [1.807, 2.05) is 55.5 Å². The van der Waals surface area contributed by atoms with E-state index in [1.54, 1.807) is 13.3 Å². The SMILES string of the molecule is CCOc1ccc(-c2ncc(-c3ccc(OC)cc3)o2)cc1. The molecule has 112 valence electrons. The lowest BCUT2D eigenvalue weighted by Crippen LogP contribution is -1.90. The van der Waals surface area contributed by atoms with Crippen molar-refractivity contribution in [1.82, 2.24) is 4.98 Å². The highest BCUT2D eigenvalue weighted by atomic mass is 16.5. The van der Waals surface area contributed by atoms with Crippen LogP contribution in [0.15, 0.2) is 59.1 Å². The summed E-state index contributed by atoms with van der Waals surface area (Å²) in [5, 5.41) is 0. The summed E-state index contributed by atoms with van der Waals surface area (Å²) < 4.78 is 16.4. The predicted octanol–water partition coefficient (Wildman–Crippen LogP) is 4.42. The summed E-state index contributed by atoms with van der Waals surface area (Å²) in [6.45, 7) is 2.61. The van der Waals surface area contributed by atoms with E-state index < -0.39 is 0 Å². The van der Waals surface area contributed by atoms with Crippen LogP contribution in [-0.2, 0) is 0 Å². The zero-order valence-corrected chi connectivity index (χ0v) is 12.6. The lowest BCUT2D eigenvalue weighted by Gasteiger charge is -2.03. The molecule has 0 saturated heterocycles. The maximum absolute atomic E-state index is 5.84. The third-order valence-corrected chi connectivity index (χ3v) is 3.29. The maximum atomic E-state index is 5.84. The van der Waals surface area contributed by atoms with E-state index in [-0.39, 0.29) is 0 Å². The van der Waals surface area contributed by atoms with Crippen LogP contribution in [0, 0.1) is 0 Å². The van der Waals surface area contributed by atoms with E-state index in [1.165, 1.54) is 0 Å². The fraction of sp³-hybridized carbons (Fsp3) is 0.167. The minimum Gasteiger partial charge on any atom is -0.497 e. The fourth-order valence-electron chi connectivity index (χ4n) is 2.16. The van der Waals surface area contributed by atoms with Crippen molar-refractivity contribution >= 4 is 0 Å². The molecule has 0 bridgehead atoms. The first-order valence-corrected chi connectivity index (χ1v) is 7.13. The van der Waals surface area contributed by atoms with Gasteiger partial charge in [-0.3, -0.25) is 0 Å². The van der Waals surface area contributed by atoms with Crippen LogP contribution in [0.1, 0.15) is 6.92 Å². The maximum Gasteiger partial charge on any atom is 0.226 e. The molecule has 2 aromatic carbocycles. The monoisotopic (exact) mass is 295 g/mol. The number of hydrogen-bond donors (Lipinski definition) is 0. The van der Waals surface area contributed by atoms with Crippen molar-refractivity contribution in [1.29, 1.82) is 0 Å². The van der Waals surface area contributed by atoms with Gasteiger partial charge in [0.2, 0.25) is 5.89 Å². The molecule has 3 rings (SSSR count). The van der Waals surface area contributed by atoms with Crippen molar-refractivity contribution in [2.24, 2.45) is 0 Å². The van der Waals surface area contributed by atoms with Crippen molar-refractivity contribution < 1.29 is 13.9 Å². The first kappa shape index (κ1) is 14.2. The van der Waals surface area contributed by atoms with Crippen molar-refractivity contribution in [3.05, 3.63) is 54.7 Å². The molecule has 0 N–H and O–H groups in total. The van der Waals surface area contributed by atoms with E-state index in [9.17, 15) is 0 Å². The van der Waals surface area contributed by atoms with Gasteiger partial charge in [-0.2, -0.15) is 0 Å². The molecule has 0 aliphatic carbocycles. The zero-order valence-electron chi connectivity index (χ0n) is 12.6. The Kier molecular flexibility index (Phi) is 4.10. The Hall–Kier alpha value is -2.75. The Balaban J connectivity index is 1.83. The van der Waals surface area contributed by atoms with Crippen LogP contribution in [0.3, 0.4) is 0 Å². The predicted molar refractivity (Wildman–Crippen MR) is 85.1 cm³/mol. The van der Waals surface area contributed by atoms with Gasteiger partial charge in [0, 0.05) is 11.1 Å². The Morgan fingerprint density at radius 3 is 2.18 bits per heavy atom. The van der Waals surface area contributed by atoms with Gasteiger partial charge in [0.15, 0.2) is 5.76 Å². The number of methoxy groups -OCH3 is 1. The summed E-state index contributed by atoms with van der Waals surface area (Å²) in [4.78, 5) is 4.34. The van der Waals surface area contributed by atoms with Gasteiger partial charge in [-0.25, -0.2) is 4.98 Å². The average Bonchev–Trinajstić information content (AvgIpc) is 3.06. The number of ether oxygens (including phenoxy) is 2. The molecular weight excluding hydrogens is 278 g/mol. The fourth-order valence-corrected chi connectivity index (χ4v) is 2.16. The first-order chi connectivity index (χ1) is 10.8. The van der Waals surface area contributed by atoms with Crippen molar-refractivity contribution in [3.63, 3.8) is 0 Å². The molecule has 0 aliphatic heterocycles. The van der Waals surface area contributed by atoms with E-state index in [0.29, 0.717) is 12.5 Å². The van der Waals surface area contributed by atoms with Crippen molar-refractivity contribution in [2.45, 2.75) is 6.92 Å². The van der Waals surface area contributed by atoms with Crippen LogP contribution in [-0.4, -0.2) is 18.7 Å². The second kappa shape index (κ2) is 6.35. The van der Waals surface area contributed by atoms with Crippen LogP contribution >= 0.6 is 0 Å². The highest BCUT2D eigenvalue weighted by Crippen LogP contribution is 2.28. The van der Waals surface area contributed by atoms with Gasteiger partial charge < -0.3 is 13.9 Å². The Labute approximate surface area is 129 Å². The molecule has 0 radical (unpaired) electrons. The van der Waals surface area contributed by atoms with Crippen LogP contribution in [0.25, 0.3) is 22.8 Å². The van der Waals surface area contributed by atoms with Crippen LogP contribution in [0.4, 0.5) is 0 Å². The summed E-state index contributed by atoms with van der Waals surface area (Å²) in [5.74, 6) is 2.98. The normalized spacial score (nSPS) is 10.5. The molecule has 0 atom stereocenters. The minimum atomic E-state index is 0.592. The van der Waals surface area contributed by atoms with E-state index in [0.717, 1.165) is 28.4 Å². The molecule has 3 aromatic rings. The van der Waals surface area contributed by atoms with Crippen LogP contribution in [0.2, 0.25) is 0 Å². The molecule has 0 fully saturated rings. The van der Waals surface area contributed by atoms with Gasteiger partial charge >= 0.3 is 0 Å². The third kappa shape index (κ3) is 2.96. The number of hydrogen-bond acceptors (Lipinski definition) is 4. The molecule has 0 spiro atoms. The smallest absolute Gasteiger partial charge is 0.226 e. The summed E-state index contributed by atoms with van der Waals surface area (Å²) in [6, 6.07) is 15.4. The topological polar surface area (TPSA) is 44.5 Å². The van der Waals surface area contributed by atoms with Gasteiger partial charge in [0.1, 0.15) is 11.5 Å². The Bertz CT molecular complexity index is 730. The standard InChI is InChI=1S/C18H17NO3/c1-3-21-16-10-6-14(7-11-16)18-19-12-17(22-18)13-4-8-15(20-2)9-5-13/h4-12H,3H2,1-2H3. The number of oxazole rings is 1. The average molecular weight is 295 g/mol. The number of benzene rings is 2. The second-order valence-corrected chi connectivity index (χ2v) is 4.72. The molecule has 0 unspecified atom stereocenters. The molecule has 0 amide bonds. The highest BCUT2D eigenvalue weighted by Gasteiger charge is 2.09. The lowest BCUT2D eigenvalue weighted by atomic mass is 10.2. The quantitative estimate of drug-likeness (QED) is 0.699. The van der Waals surface area contributed by atoms with Gasteiger partial charge in [-0.15, -0.1) is 0 Å². The highest BCUT2D eigenvalue weighted by molar-refractivity contribution is 5.62. The molecule has 1 aromatic heterocycles. The first-order valence-electron chi connectivity index (χ1n) is 7.13. The van der Waals surface area contributed by atoms with E-state index in [4.69, 9.17) is 13.9 Å². The molecule has 1 heterocycles. The lowest BCUT2D eigenvalue weighted by molar-refractivity contribution is 0.340. The van der Waals surface area contributed by atoms with E-state index >= 15 is 0 Å². The summed E-state index contributed by atoms with van der Waals surface area (Å²) in [7, 11) is 1.65. The van der Waals surface area contributed by atoms with Crippen LogP contribution in [0.5, 0.6) is 11.5 Å². The van der Waals surface area contributed by atoms with Gasteiger partial charge in [0.05, 0.1) is 19.9 Å². The summed E-state index contributed by atoms with van der Waals surface area (Å²) in [5.41, 5.74) is 1.88. The molecule has 0 aliphatic rings. The third-order valence-electron chi connectivity index (χ3n) is 3.29. The van der Waals surface area contributed by atoms with Crippen molar-refractivity contribution in [3.8, 4) is 34.3 Å². The number of rotatable bonds is 5. The van der Waals surface area contributed by atoms with Gasteiger partial charge in [0.25, 0.3) is 0 Å².